The highest BCUT2D eigenvalue weighted by molar-refractivity contribution is 7.79. The van der Waals surface area contributed by atoms with Crippen LogP contribution in [0, 0.1) is 0 Å². The molecule has 46 valence electrons. The zero-order valence-electron chi connectivity index (χ0n) is 4.16. The van der Waals surface area contributed by atoms with Gasteiger partial charge in [0.05, 0.1) is 5.75 Å². The van der Waals surface area contributed by atoms with E-state index >= 15 is 0 Å². The first kappa shape index (κ1) is 7.52. The molecule has 0 rings (SSSR count). The van der Waals surface area contributed by atoms with E-state index in [1.807, 2.05) is 0 Å². The van der Waals surface area contributed by atoms with Crippen LogP contribution in [0.4, 0.5) is 0 Å². The molecule has 0 aromatic rings. The lowest BCUT2D eigenvalue weighted by Crippen LogP contribution is -1.97. The lowest BCUT2D eigenvalue weighted by atomic mass is 10.4. The number of hydrogen-bond acceptors (Lipinski definition) is 2. The molecular formula is C4H6O3S. The largest absolute Gasteiger partial charge is 0.306 e. The Bertz CT molecular complexity index is 129. The van der Waals surface area contributed by atoms with Crippen molar-refractivity contribution < 1.29 is 13.6 Å². The maximum absolute atomic E-state index is 9.86. The van der Waals surface area contributed by atoms with Gasteiger partial charge in [-0.05, 0) is 5.57 Å². The SMILES string of the molecule is C=C(C=O)CS(=O)O. The van der Waals surface area contributed by atoms with Crippen molar-refractivity contribution in [3.05, 3.63) is 12.2 Å². The Kier molecular flexibility index (Phi) is 3.30. The third kappa shape index (κ3) is 3.70. The number of aldehydes is 1. The van der Waals surface area contributed by atoms with Gasteiger partial charge in [0.25, 0.3) is 0 Å². The van der Waals surface area contributed by atoms with Crippen molar-refractivity contribution in [2.24, 2.45) is 0 Å². The van der Waals surface area contributed by atoms with Crippen LogP contribution in [0.25, 0.3) is 0 Å². The fourth-order valence-corrected chi connectivity index (χ4v) is 0.578. The van der Waals surface area contributed by atoms with Crippen molar-refractivity contribution in [1.29, 1.82) is 0 Å². The van der Waals surface area contributed by atoms with Gasteiger partial charge in [0.15, 0.2) is 11.1 Å². The van der Waals surface area contributed by atoms with Gasteiger partial charge in [-0.25, -0.2) is 4.21 Å². The molecule has 0 aromatic carbocycles. The van der Waals surface area contributed by atoms with E-state index in [-0.39, 0.29) is 11.3 Å². The van der Waals surface area contributed by atoms with E-state index in [1.165, 1.54) is 0 Å². The summed E-state index contributed by atoms with van der Waals surface area (Å²) in [4.78, 5) is 9.70. The quantitative estimate of drug-likeness (QED) is 0.335. The Morgan fingerprint density at radius 2 is 2.38 bits per heavy atom. The minimum absolute atomic E-state index is 0.144. The van der Waals surface area contributed by atoms with Crippen LogP contribution in [0.3, 0.4) is 0 Å². The summed E-state index contributed by atoms with van der Waals surface area (Å²) in [6.07, 6.45) is 0.466. The molecule has 0 heterocycles. The van der Waals surface area contributed by atoms with Crippen LogP contribution in [0.5, 0.6) is 0 Å². The minimum Gasteiger partial charge on any atom is -0.306 e. The summed E-state index contributed by atoms with van der Waals surface area (Å²) in [5.74, 6) is -0.149. The van der Waals surface area contributed by atoms with E-state index in [1.54, 1.807) is 0 Å². The van der Waals surface area contributed by atoms with E-state index in [0.29, 0.717) is 6.29 Å². The smallest absolute Gasteiger partial charge is 0.157 e. The maximum atomic E-state index is 9.86. The fourth-order valence-electron chi connectivity index (χ4n) is 0.193. The topological polar surface area (TPSA) is 54.4 Å². The average Bonchev–Trinajstić information content (AvgIpc) is 1.65. The van der Waals surface area contributed by atoms with Crippen LogP contribution in [0.2, 0.25) is 0 Å². The molecule has 8 heavy (non-hydrogen) atoms. The van der Waals surface area contributed by atoms with E-state index < -0.39 is 11.1 Å². The standard InChI is InChI=1S/C4H6O3S/c1-4(2-5)3-8(6)7/h2H,1,3H2,(H,6,7). The molecule has 4 heteroatoms. The molecule has 0 saturated carbocycles. The molecule has 0 amide bonds. The molecule has 0 bridgehead atoms. The summed E-state index contributed by atoms with van der Waals surface area (Å²) < 4.78 is 18.0. The first-order chi connectivity index (χ1) is 3.66. The maximum Gasteiger partial charge on any atom is 0.157 e. The van der Waals surface area contributed by atoms with Gasteiger partial charge >= 0.3 is 0 Å². The normalized spacial score (nSPS) is 12.6. The van der Waals surface area contributed by atoms with Crippen molar-refractivity contribution in [2.75, 3.05) is 5.75 Å². The van der Waals surface area contributed by atoms with Crippen molar-refractivity contribution in [2.45, 2.75) is 0 Å². The van der Waals surface area contributed by atoms with Crippen LogP contribution < -0.4 is 0 Å². The molecule has 0 aliphatic heterocycles. The van der Waals surface area contributed by atoms with E-state index in [0.717, 1.165) is 0 Å². The number of hydrogen-bond donors (Lipinski definition) is 1. The van der Waals surface area contributed by atoms with Crippen LogP contribution in [-0.4, -0.2) is 20.8 Å². The summed E-state index contributed by atoms with van der Waals surface area (Å²) in [5.41, 5.74) is 0.144. The van der Waals surface area contributed by atoms with Gasteiger partial charge in [0.1, 0.15) is 6.29 Å². The second-order valence-corrected chi connectivity index (χ2v) is 2.17. The van der Waals surface area contributed by atoms with Gasteiger partial charge in [-0.3, -0.25) is 4.79 Å². The number of carbonyl (C=O) groups excluding carboxylic acids is 1. The zero-order chi connectivity index (χ0) is 6.57. The van der Waals surface area contributed by atoms with E-state index in [2.05, 4.69) is 6.58 Å². The first-order valence-electron chi connectivity index (χ1n) is 1.87. The Morgan fingerprint density at radius 1 is 1.88 bits per heavy atom. The van der Waals surface area contributed by atoms with Gasteiger partial charge in [-0.2, -0.15) is 0 Å². The summed E-state index contributed by atoms with van der Waals surface area (Å²) in [6.45, 7) is 3.19. The van der Waals surface area contributed by atoms with Gasteiger partial charge in [-0.1, -0.05) is 6.58 Å². The molecule has 1 atom stereocenters. The third-order valence-corrected chi connectivity index (χ3v) is 1.09. The highest BCUT2D eigenvalue weighted by Crippen LogP contribution is 1.84. The van der Waals surface area contributed by atoms with Gasteiger partial charge < -0.3 is 4.55 Å². The van der Waals surface area contributed by atoms with Gasteiger partial charge in [0, 0.05) is 0 Å². The molecule has 0 saturated heterocycles. The van der Waals surface area contributed by atoms with Crippen molar-refractivity contribution in [3.8, 4) is 0 Å². The lowest BCUT2D eigenvalue weighted by molar-refractivity contribution is -0.104. The van der Waals surface area contributed by atoms with E-state index in [9.17, 15) is 9.00 Å². The monoisotopic (exact) mass is 134 g/mol. The van der Waals surface area contributed by atoms with Crippen LogP contribution in [0.1, 0.15) is 0 Å². The summed E-state index contributed by atoms with van der Waals surface area (Å²) >= 11 is -1.93. The molecule has 3 nitrogen and oxygen atoms in total. The minimum atomic E-state index is -1.93. The van der Waals surface area contributed by atoms with Crippen LogP contribution in [-0.2, 0) is 15.9 Å². The Balaban J connectivity index is 3.55. The lowest BCUT2D eigenvalue weighted by Gasteiger charge is -1.86. The number of rotatable bonds is 3. The first-order valence-corrected chi connectivity index (χ1v) is 3.15. The zero-order valence-corrected chi connectivity index (χ0v) is 4.98. The molecule has 1 unspecified atom stereocenters. The Morgan fingerprint density at radius 3 is 2.50 bits per heavy atom. The Labute approximate surface area is 49.7 Å². The van der Waals surface area contributed by atoms with Crippen molar-refractivity contribution >= 4 is 17.4 Å². The summed E-state index contributed by atoms with van der Waals surface area (Å²) in [7, 11) is 0. The van der Waals surface area contributed by atoms with Crippen LogP contribution >= 0.6 is 0 Å². The molecule has 0 fully saturated rings. The summed E-state index contributed by atoms with van der Waals surface area (Å²) in [5, 5.41) is 0. The van der Waals surface area contributed by atoms with Gasteiger partial charge in [-0.15, -0.1) is 0 Å². The third-order valence-electron chi connectivity index (χ3n) is 0.476. The Hall–Kier alpha value is -0.480. The molecule has 0 spiro atoms. The van der Waals surface area contributed by atoms with Gasteiger partial charge in [0.2, 0.25) is 0 Å². The van der Waals surface area contributed by atoms with Crippen molar-refractivity contribution in [1.82, 2.24) is 0 Å². The average molecular weight is 134 g/mol. The van der Waals surface area contributed by atoms with Crippen molar-refractivity contribution in [3.63, 3.8) is 0 Å². The molecule has 1 N–H and O–H groups in total. The second kappa shape index (κ2) is 3.51. The number of carbonyl (C=O) groups is 1. The molecule has 0 aromatic heterocycles. The van der Waals surface area contributed by atoms with Crippen LogP contribution in [0.15, 0.2) is 12.2 Å². The summed E-state index contributed by atoms with van der Waals surface area (Å²) in [6, 6.07) is 0. The molecular weight excluding hydrogens is 128 g/mol. The van der Waals surface area contributed by atoms with E-state index in [4.69, 9.17) is 4.55 Å². The second-order valence-electron chi connectivity index (χ2n) is 1.24. The highest BCUT2D eigenvalue weighted by atomic mass is 32.2. The molecule has 0 radical (unpaired) electrons. The molecule has 0 aliphatic carbocycles. The molecule has 0 aliphatic rings. The predicted octanol–water partition coefficient (Wildman–Crippen LogP) is -0.0368. The highest BCUT2D eigenvalue weighted by Gasteiger charge is 1.94. The fraction of sp³-hybridized carbons (Fsp3) is 0.250. The predicted molar refractivity (Wildman–Crippen MR) is 30.8 cm³/mol.